The summed E-state index contributed by atoms with van der Waals surface area (Å²) in [7, 11) is 3.24. The fourth-order valence-electron chi connectivity index (χ4n) is 4.91. The second-order valence-corrected chi connectivity index (χ2v) is 9.13. The van der Waals surface area contributed by atoms with Crippen molar-refractivity contribution in [2.24, 2.45) is 0 Å². The quantitative estimate of drug-likeness (QED) is 0.544. The molecule has 0 spiro atoms. The average molecular weight is 479 g/mol. The number of nitrogen functional groups attached to an aromatic ring is 1. The van der Waals surface area contributed by atoms with Crippen LogP contribution in [0.2, 0.25) is 0 Å². The Morgan fingerprint density at radius 1 is 0.829 bits per heavy atom. The molecule has 4 heterocycles. The van der Waals surface area contributed by atoms with Gasteiger partial charge in [-0.25, -0.2) is 9.97 Å². The number of anilines is 2. The van der Waals surface area contributed by atoms with Crippen LogP contribution in [0, 0.1) is 0 Å². The summed E-state index contributed by atoms with van der Waals surface area (Å²) in [4.78, 5) is 25.8. The zero-order chi connectivity index (χ0) is 24.2. The average Bonchev–Trinajstić information content (AvgIpc) is 2.91. The van der Waals surface area contributed by atoms with Gasteiger partial charge in [-0.3, -0.25) is 4.90 Å². The number of fused-ring (bicyclic) bond motifs is 1. The Bertz CT molecular complexity index is 1160. The van der Waals surface area contributed by atoms with E-state index < -0.39 is 0 Å². The highest BCUT2D eigenvalue weighted by atomic mass is 16.5. The van der Waals surface area contributed by atoms with Crippen LogP contribution in [0.1, 0.15) is 19.3 Å². The van der Waals surface area contributed by atoms with E-state index in [-0.39, 0.29) is 5.95 Å². The van der Waals surface area contributed by atoms with Crippen molar-refractivity contribution < 1.29 is 9.47 Å². The van der Waals surface area contributed by atoms with Crippen LogP contribution in [0.25, 0.3) is 22.4 Å². The SMILES string of the molecule is COc1ccc(-c2cnc3nc(N)nc(N4CCN(CCN5CCCCC5)CC4)c3n2)cc1OC. The van der Waals surface area contributed by atoms with Crippen LogP contribution in [0.3, 0.4) is 0 Å². The van der Waals surface area contributed by atoms with Crippen LogP contribution in [0.5, 0.6) is 11.5 Å². The lowest BCUT2D eigenvalue weighted by Crippen LogP contribution is -2.49. The minimum absolute atomic E-state index is 0.216. The summed E-state index contributed by atoms with van der Waals surface area (Å²) in [6, 6.07) is 5.70. The fraction of sp³-hybridized carbons (Fsp3) is 0.520. The Morgan fingerprint density at radius 3 is 2.26 bits per heavy atom. The van der Waals surface area contributed by atoms with Gasteiger partial charge in [0, 0.05) is 44.8 Å². The Labute approximate surface area is 206 Å². The predicted octanol–water partition coefficient (Wildman–Crippen LogP) is 2.29. The van der Waals surface area contributed by atoms with Gasteiger partial charge in [-0.05, 0) is 44.1 Å². The minimum atomic E-state index is 0.216. The molecule has 2 aliphatic heterocycles. The molecule has 0 saturated carbocycles. The molecule has 0 bridgehead atoms. The van der Waals surface area contributed by atoms with E-state index in [0.717, 1.165) is 50.6 Å². The van der Waals surface area contributed by atoms with Gasteiger partial charge in [-0.2, -0.15) is 9.97 Å². The highest BCUT2D eigenvalue weighted by Gasteiger charge is 2.23. The van der Waals surface area contributed by atoms with E-state index in [1.807, 2.05) is 18.2 Å². The molecule has 10 nitrogen and oxygen atoms in total. The Balaban J connectivity index is 1.34. The first-order valence-corrected chi connectivity index (χ1v) is 12.4. The van der Waals surface area contributed by atoms with E-state index in [2.05, 4.69) is 29.7 Å². The standard InChI is InChI=1S/C25H34N8O2/c1-34-20-7-6-18(16-21(20)35-2)19-17-27-23-22(28-19)24(30-25(26)29-23)33-14-12-32(13-15-33)11-10-31-8-4-3-5-9-31/h6-7,16-17H,3-5,8-15H2,1-2H3,(H2,26,27,29,30). The first-order chi connectivity index (χ1) is 17.1. The number of ether oxygens (including phenoxy) is 2. The number of benzene rings is 1. The number of hydrogen-bond acceptors (Lipinski definition) is 10. The maximum Gasteiger partial charge on any atom is 0.224 e. The first-order valence-electron chi connectivity index (χ1n) is 12.4. The van der Waals surface area contributed by atoms with Gasteiger partial charge in [0.2, 0.25) is 5.95 Å². The van der Waals surface area contributed by atoms with E-state index in [9.17, 15) is 0 Å². The van der Waals surface area contributed by atoms with Crippen molar-refractivity contribution in [3.63, 3.8) is 0 Å². The molecule has 35 heavy (non-hydrogen) atoms. The molecule has 3 aromatic rings. The summed E-state index contributed by atoms with van der Waals surface area (Å²) in [6.45, 7) is 8.47. The van der Waals surface area contributed by atoms with Gasteiger partial charge in [0.05, 0.1) is 26.1 Å². The number of nitrogens with two attached hydrogens (primary N) is 1. The molecule has 0 atom stereocenters. The number of nitrogens with zero attached hydrogens (tertiary/aromatic N) is 7. The van der Waals surface area contributed by atoms with Gasteiger partial charge in [0.1, 0.15) is 0 Å². The topological polar surface area (TPSA) is 106 Å². The van der Waals surface area contributed by atoms with Crippen molar-refractivity contribution in [1.82, 2.24) is 29.7 Å². The summed E-state index contributed by atoms with van der Waals surface area (Å²) in [5.74, 6) is 2.27. The smallest absolute Gasteiger partial charge is 0.224 e. The van der Waals surface area contributed by atoms with Crippen molar-refractivity contribution >= 4 is 22.9 Å². The monoisotopic (exact) mass is 478 g/mol. The number of methoxy groups -OCH3 is 2. The molecule has 0 amide bonds. The number of likely N-dealkylation sites (tertiary alicyclic amines) is 1. The van der Waals surface area contributed by atoms with E-state index in [0.29, 0.717) is 28.4 Å². The summed E-state index contributed by atoms with van der Waals surface area (Å²) < 4.78 is 10.8. The van der Waals surface area contributed by atoms with E-state index in [1.165, 1.54) is 32.4 Å². The lowest BCUT2D eigenvalue weighted by atomic mass is 10.1. The van der Waals surface area contributed by atoms with Gasteiger partial charge in [0.25, 0.3) is 0 Å². The van der Waals surface area contributed by atoms with Crippen LogP contribution in [0.15, 0.2) is 24.4 Å². The van der Waals surface area contributed by atoms with Crippen molar-refractivity contribution in [1.29, 1.82) is 0 Å². The number of piperidine rings is 1. The molecule has 2 N–H and O–H groups in total. The zero-order valence-corrected chi connectivity index (χ0v) is 20.6. The summed E-state index contributed by atoms with van der Waals surface area (Å²) in [5, 5.41) is 0. The van der Waals surface area contributed by atoms with Crippen LogP contribution in [-0.2, 0) is 0 Å². The molecule has 2 aliphatic rings. The zero-order valence-electron chi connectivity index (χ0n) is 20.6. The number of rotatable bonds is 7. The molecule has 186 valence electrons. The van der Waals surface area contributed by atoms with Crippen LogP contribution < -0.4 is 20.1 Å². The van der Waals surface area contributed by atoms with Crippen LogP contribution in [-0.4, -0.2) is 96.3 Å². The second kappa shape index (κ2) is 10.6. The largest absolute Gasteiger partial charge is 0.493 e. The number of hydrogen-bond donors (Lipinski definition) is 1. The van der Waals surface area contributed by atoms with Crippen molar-refractivity contribution in [2.75, 3.05) is 77.2 Å². The molecular weight excluding hydrogens is 444 g/mol. The van der Waals surface area contributed by atoms with Gasteiger partial charge >= 0.3 is 0 Å². The summed E-state index contributed by atoms with van der Waals surface area (Å²) >= 11 is 0. The Hall–Kier alpha value is -3.24. The highest BCUT2D eigenvalue weighted by molar-refractivity contribution is 5.86. The van der Waals surface area contributed by atoms with Crippen molar-refractivity contribution in [3.05, 3.63) is 24.4 Å². The fourth-order valence-corrected chi connectivity index (χ4v) is 4.91. The molecule has 2 aromatic heterocycles. The van der Waals surface area contributed by atoms with Gasteiger partial charge in [0.15, 0.2) is 28.5 Å². The van der Waals surface area contributed by atoms with Gasteiger partial charge in [-0.1, -0.05) is 6.42 Å². The van der Waals surface area contributed by atoms with Crippen LogP contribution in [0.4, 0.5) is 11.8 Å². The van der Waals surface area contributed by atoms with E-state index in [4.69, 9.17) is 20.2 Å². The third-order valence-electron chi connectivity index (χ3n) is 6.94. The third kappa shape index (κ3) is 5.23. The first kappa shape index (κ1) is 23.5. The summed E-state index contributed by atoms with van der Waals surface area (Å²) in [6.07, 6.45) is 5.75. The molecule has 2 fully saturated rings. The highest BCUT2D eigenvalue weighted by Crippen LogP contribution is 2.32. The maximum absolute atomic E-state index is 6.04. The predicted molar refractivity (Wildman–Crippen MR) is 137 cm³/mol. The normalized spacial score (nSPS) is 17.6. The molecular formula is C25H34N8O2. The van der Waals surface area contributed by atoms with Crippen molar-refractivity contribution in [2.45, 2.75) is 19.3 Å². The third-order valence-corrected chi connectivity index (χ3v) is 6.94. The molecule has 0 aliphatic carbocycles. The lowest BCUT2D eigenvalue weighted by molar-refractivity contribution is 0.176. The minimum Gasteiger partial charge on any atom is -0.493 e. The Kier molecular flexibility index (Phi) is 7.10. The van der Waals surface area contributed by atoms with Gasteiger partial charge < -0.3 is 25.0 Å². The van der Waals surface area contributed by atoms with Crippen molar-refractivity contribution in [3.8, 4) is 22.8 Å². The van der Waals surface area contributed by atoms with E-state index in [1.54, 1.807) is 20.4 Å². The molecule has 0 radical (unpaired) electrons. The van der Waals surface area contributed by atoms with E-state index >= 15 is 0 Å². The molecule has 10 heteroatoms. The second-order valence-electron chi connectivity index (χ2n) is 9.13. The van der Waals surface area contributed by atoms with Crippen LogP contribution >= 0.6 is 0 Å². The van der Waals surface area contributed by atoms with Gasteiger partial charge in [-0.15, -0.1) is 0 Å². The molecule has 1 aromatic carbocycles. The summed E-state index contributed by atoms with van der Waals surface area (Å²) in [5.41, 5.74) is 8.80. The number of aromatic nitrogens is 4. The Morgan fingerprint density at radius 2 is 1.54 bits per heavy atom. The molecule has 0 unspecified atom stereocenters. The number of piperazine rings is 1. The molecule has 2 saturated heterocycles. The lowest BCUT2D eigenvalue weighted by Gasteiger charge is -2.37. The molecule has 5 rings (SSSR count). The maximum atomic E-state index is 6.04.